The minimum atomic E-state index is -0.571. The molecule has 0 bridgehead atoms. The fourth-order valence-corrected chi connectivity index (χ4v) is 4.52. The molecule has 2 aromatic rings. The number of hydrogen-bond donors (Lipinski definition) is 0. The lowest BCUT2D eigenvalue weighted by atomic mass is 10.0. The highest BCUT2D eigenvalue weighted by atomic mass is 19.1. The van der Waals surface area contributed by atoms with Crippen LogP contribution in [0.4, 0.5) is 20.6 Å². The predicted octanol–water partition coefficient (Wildman–Crippen LogP) is 1.96. The first-order valence-electron chi connectivity index (χ1n) is 11.3. The van der Waals surface area contributed by atoms with E-state index in [1.807, 2.05) is 4.90 Å². The van der Waals surface area contributed by atoms with Gasteiger partial charge in [-0.1, -0.05) is 5.21 Å². The Bertz CT molecular complexity index is 1060. The summed E-state index contributed by atoms with van der Waals surface area (Å²) in [6.07, 6.45) is 1.69. The zero-order valence-corrected chi connectivity index (χ0v) is 18.8. The Morgan fingerprint density at radius 1 is 1.26 bits per heavy atom. The summed E-state index contributed by atoms with van der Waals surface area (Å²) in [5, 5.41) is 7.66. The van der Waals surface area contributed by atoms with Crippen molar-refractivity contribution in [3.05, 3.63) is 35.9 Å². The summed E-state index contributed by atoms with van der Waals surface area (Å²) in [6, 6.07) is 4.74. The maximum Gasteiger partial charge on any atom is 0.414 e. The van der Waals surface area contributed by atoms with E-state index in [1.54, 1.807) is 19.1 Å². The summed E-state index contributed by atoms with van der Waals surface area (Å²) in [5.41, 5.74) is 0.973. The second-order valence-corrected chi connectivity index (χ2v) is 8.39. The van der Waals surface area contributed by atoms with Gasteiger partial charge in [0.1, 0.15) is 11.9 Å². The van der Waals surface area contributed by atoms with Crippen molar-refractivity contribution in [3.63, 3.8) is 0 Å². The molecule has 11 nitrogen and oxygen atoms in total. The molecule has 3 saturated heterocycles. The monoisotopic (exact) mass is 475 g/mol. The van der Waals surface area contributed by atoms with Gasteiger partial charge in [-0.3, -0.25) is 4.90 Å². The fraction of sp³-hybridized carbons (Fsp3) is 0.545. The molecule has 182 valence electrons. The molecule has 3 aliphatic heterocycles. The molecule has 1 amide bonds. The molecule has 1 spiro atoms. The van der Waals surface area contributed by atoms with Gasteiger partial charge in [0.05, 0.1) is 50.5 Å². The third-order valence-corrected chi connectivity index (χ3v) is 6.21. The summed E-state index contributed by atoms with van der Waals surface area (Å²) < 4.78 is 38.2. The van der Waals surface area contributed by atoms with Crippen LogP contribution in [0.1, 0.15) is 30.3 Å². The van der Waals surface area contributed by atoms with Crippen LogP contribution in [0.5, 0.6) is 0 Å². The van der Waals surface area contributed by atoms with Crippen molar-refractivity contribution in [3.8, 4) is 0 Å². The van der Waals surface area contributed by atoms with Crippen molar-refractivity contribution < 1.29 is 32.9 Å². The molecule has 3 aliphatic rings. The van der Waals surface area contributed by atoms with Crippen molar-refractivity contribution in [1.82, 2.24) is 15.0 Å². The number of carbonyl (C=O) groups is 2. The number of hydrogen-bond acceptors (Lipinski definition) is 9. The Morgan fingerprint density at radius 2 is 2.03 bits per heavy atom. The first kappa shape index (κ1) is 22.5. The third-order valence-electron chi connectivity index (χ3n) is 6.21. The average molecular weight is 475 g/mol. The Labute approximate surface area is 195 Å². The molecule has 34 heavy (non-hydrogen) atoms. The minimum absolute atomic E-state index is 0.0791. The molecule has 0 radical (unpaired) electrons. The number of rotatable bonds is 6. The number of piperidine rings is 1. The molecule has 12 heteroatoms. The van der Waals surface area contributed by atoms with E-state index < -0.39 is 29.8 Å². The van der Waals surface area contributed by atoms with Gasteiger partial charge < -0.3 is 23.8 Å². The van der Waals surface area contributed by atoms with Gasteiger partial charge in [0.25, 0.3) is 0 Å². The number of benzene rings is 1. The lowest BCUT2D eigenvalue weighted by Gasteiger charge is -2.38. The highest BCUT2D eigenvalue weighted by Gasteiger charge is 2.40. The third kappa shape index (κ3) is 4.42. The van der Waals surface area contributed by atoms with E-state index >= 15 is 4.39 Å². The van der Waals surface area contributed by atoms with E-state index in [0.29, 0.717) is 50.5 Å². The summed E-state index contributed by atoms with van der Waals surface area (Å²) in [4.78, 5) is 27.5. The molecule has 1 aromatic heterocycles. The summed E-state index contributed by atoms with van der Waals surface area (Å²) >= 11 is 0. The van der Waals surface area contributed by atoms with Crippen LogP contribution in [0.25, 0.3) is 0 Å². The lowest BCUT2D eigenvalue weighted by molar-refractivity contribution is -0.169. The van der Waals surface area contributed by atoms with Crippen molar-refractivity contribution in [1.29, 1.82) is 0 Å². The molecular weight excluding hydrogens is 449 g/mol. The van der Waals surface area contributed by atoms with Crippen molar-refractivity contribution in [2.45, 2.75) is 38.2 Å². The maximum atomic E-state index is 15.0. The zero-order chi connectivity index (χ0) is 23.7. The second kappa shape index (κ2) is 9.18. The zero-order valence-electron chi connectivity index (χ0n) is 18.8. The van der Waals surface area contributed by atoms with Gasteiger partial charge in [0.15, 0.2) is 11.5 Å². The van der Waals surface area contributed by atoms with Crippen molar-refractivity contribution >= 4 is 23.4 Å². The van der Waals surface area contributed by atoms with Crippen LogP contribution >= 0.6 is 0 Å². The smallest absolute Gasteiger partial charge is 0.414 e. The predicted molar refractivity (Wildman–Crippen MR) is 116 cm³/mol. The molecule has 0 aliphatic carbocycles. The standard InChI is InChI=1S/C22H26FN5O6/c1-2-31-20(29)18-14-27(25-24-18)12-16-13-28(21(30)34-16)15-3-4-19(17(23)11-15)26-7-5-22(6-8-26)32-9-10-33-22/h3-4,11,14,16H,2,5-10,12-13H2,1H3/t16-/m1/s1. The summed E-state index contributed by atoms with van der Waals surface area (Å²) in [6.45, 7) is 4.79. The van der Waals surface area contributed by atoms with Crippen LogP contribution in [0.15, 0.2) is 24.4 Å². The van der Waals surface area contributed by atoms with E-state index in [2.05, 4.69) is 10.3 Å². The van der Waals surface area contributed by atoms with Crippen LogP contribution in [0.2, 0.25) is 0 Å². The van der Waals surface area contributed by atoms with Crippen LogP contribution < -0.4 is 9.80 Å². The number of esters is 1. The molecular formula is C22H26FN5O6. The van der Waals surface area contributed by atoms with Crippen LogP contribution in [-0.4, -0.2) is 78.4 Å². The number of halogens is 1. The Hall–Kier alpha value is -3.25. The van der Waals surface area contributed by atoms with Gasteiger partial charge in [0, 0.05) is 25.9 Å². The largest absolute Gasteiger partial charge is 0.461 e. The molecule has 0 saturated carbocycles. The van der Waals surface area contributed by atoms with E-state index in [0.717, 1.165) is 0 Å². The lowest BCUT2D eigenvalue weighted by Crippen LogP contribution is -2.45. The number of amides is 1. The molecule has 0 unspecified atom stereocenters. The van der Waals surface area contributed by atoms with Gasteiger partial charge in [-0.2, -0.15) is 0 Å². The van der Waals surface area contributed by atoms with Gasteiger partial charge in [0.2, 0.25) is 0 Å². The van der Waals surface area contributed by atoms with E-state index in [9.17, 15) is 9.59 Å². The van der Waals surface area contributed by atoms with E-state index in [-0.39, 0.29) is 25.4 Å². The van der Waals surface area contributed by atoms with Crippen LogP contribution in [0.3, 0.4) is 0 Å². The Balaban J connectivity index is 1.21. The number of cyclic esters (lactones) is 1. The number of anilines is 2. The molecule has 0 N–H and O–H groups in total. The van der Waals surface area contributed by atoms with Gasteiger partial charge in [-0.15, -0.1) is 5.10 Å². The number of carbonyl (C=O) groups excluding carboxylic acids is 2. The summed E-state index contributed by atoms with van der Waals surface area (Å²) in [5.74, 6) is -1.50. The normalized spacial score (nSPS) is 21.8. The number of aromatic nitrogens is 3. The second-order valence-electron chi connectivity index (χ2n) is 8.39. The van der Waals surface area contributed by atoms with E-state index in [1.165, 1.54) is 21.8 Å². The Morgan fingerprint density at radius 3 is 2.74 bits per heavy atom. The first-order chi connectivity index (χ1) is 16.5. The molecule has 3 fully saturated rings. The Kier molecular flexibility index (Phi) is 6.09. The minimum Gasteiger partial charge on any atom is -0.461 e. The highest BCUT2D eigenvalue weighted by molar-refractivity contribution is 5.90. The first-order valence-corrected chi connectivity index (χ1v) is 11.3. The van der Waals surface area contributed by atoms with Gasteiger partial charge in [-0.05, 0) is 25.1 Å². The average Bonchev–Trinajstić information content (AvgIpc) is 3.56. The van der Waals surface area contributed by atoms with Crippen LogP contribution in [-0.2, 0) is 25.5 Å². The SMILES string of the molecule is CCOC(=O)c1cn(C[C@@H]2CN(c3ccc(N4CCC5(CC4)OCCO5)c(F)c3)C(=O)O2)nn1. The van der Waals surface area contributed by atoms with E-state index in [4.69, 9.17) is 18.9 Å². The van der Waals surface area contributed by atoms with Gasteiger partial charge in [-0.25, -0.2) is 18.7 Å². The molecule has 1 atom stereocenters. The summed E-state index contributed by atoms with van der Waals surface area (Å²) in [7, 11) is 0. The van der Waals surface area contributed by atoms with Crippen molar-refractivity contribution in [2.24, 2.45) is 0 Å². The molecule has 5 rings (SSSR count). The van der Waals surface area contributed by atoms with Gasteiger partial charge >= 0.3 is 12.1 Å². The quantitative estimate of drug-likeness (QED) is 0.579. The van der Waals surface area contributed by atoms with Crippen molar-refractivity contribution in [2.75, 3.05) is 49.3 Å². The highest BCUT2D eigenvalue weighted by Crippen LogP contribution is 2.35. The topological polar surface area (TPSA) is 108 Å². The molecule has 4 heterocycles. The maximum absolute atomic E-state index is 15.0. The fourth-order valence-electron chi connectivity index (χ4n) is 4.52. The number of nitrogens with zero attached hydrogens (tertiary/aromatic N) is 5. The molecule has 1 aromatic carbocycles. The van der Waals surface area contributed by atoms with Crippen LogP contribution in [0, 0.1) is 5.82 Å². The number of ether oxygens (including phenoxy) is 4.